The molecule has 3 aliphatic rings. The Bertz CT molecular complexity index is 3830. The average Bonchev–Trinajstić information content (AvgIpc) is 3.45. The van der Waals surface area contributed by atoms with E-state index in [9.17, 15) is 13.2 Å². The summed E-state index contributed by atoms with van der Waals surface area (Å²) in [6, 6.07) is 72.9. The summed E-state index contributed by atoms with van der Waals surface area (Å²) < 4.78 is 43.6. The van der Waals surface area contributed by atoms with Crippen molar-refractivity contribution in [2.75, 3.05) is 0 Å². The van der Waals surface area contributed by atoms with Gasteiger partial charge in [0.15, 0.2) is 34.9 Å². The van der Waals surface area contributed by atoms with Crippen molar-refractivity contribution in [1.29, 1.82) is 0 Å². The molecule has 9 heteroatoms. The Hall–Kier alpha value is -9.21. The summed E-state index contributed by atoms with van der Waals surface area (Å²) in [5, 5.41) is 0. The summed E-state index contributed by atoms with van der Waals surface area (Å²) in [7, 11) is 0. The summed E-state index contributed by atoms with van der Waals surface area (Å²) in [5.74, 6) is 2.16. The van der Waals surface area contributed by atoms with Crippen LogP contribution in [0.3, 0.4) is 0 Å². The molecule has 0 saturated carbocycles. The molecule has 2 unspecified atom stereocenters. The number of alkyl halides is 3. The molecule has 72 heavy (non-hydrogen) atoms. The van der Waals surface area contributed by atoms with Crippen LogP contribution in [0, 0.1) is 0 Å². The Morgan fingerprint density at radius 2 is 0.486 bits per heavy atom. The molecule has 0 radical (unpaired) electrons. The number of hydrogen-bond donors (Lipinski definition) is 0. The van der Waals surface area contributed by atoms with Crippen molar-refractivity contribution in [2.24, 2.45) is 0 Å². The minimum absolute atomic E-state index is 0.372. The third kappa shape index (κ3) is 7.72. The molecule has 2 heterocycles. The second-order valence-corrected chi connectivity index (χ2v) is 18.1. The van der Waals surface area contributed by atoms with Crippen molar-refractivity contribution in [2.45, 2.75) is 18.0 Å². The lowest BCUT2D eigenvalue weighted by Gasteiger charge is -2.42. The zero-order chi connectivity index (χ0) is 48.3. The molecule has 0 fully saturated rings. The van der Waals surface area contributed by atoms with Gasteiger partial charge in [0.1, 0.15) is 0 Å². The largest absolute Gasteiger partial charge is 0.416 e. The van der Waals surface area contributed by atoms with Gasteiger partial charge < -0.3 is 0 Å². The maximum absolute atomic E-state index is 14.5. The zero-order valence-electron chi connectivity index (χ0n) is 38.3. The summed E-state index contributed by atoms with van der Waals surface area (Å²) in [5.41, 5.74) is 13.9. The van der Waals surface area contributed by atoms with E-state index in [0.717, 1.165) is 83.5 Å². The SMILES string of the molecule is FC(F)(F)c1ccc2c(c1)C1c3ccc(-c4nc(-c5ccccc5)nc(-c5ccc(-c6ccccc6)cc5)n4)cc3C2c2ccc(-c3nc(-c4ccccc4)nc(-c4ccc(-c5ccccc5)cc4)n3)cc21. The molecular formula is C63H39F3N6. The number of rotatable bonds is 8. The molecule has 0 N–H and O–H groups in total. The van der Waals surface area contributed by atoms with Crippen LogP contribution >= 0.6 is 0 Å². The average molecular weight is 937 g/mol. The van der Waals surface area contributed by atoms with E-state index in [-0.39, 0.29) is 5.92 Å². The predicted octanol–water partition coefficient (Wildman–Crippen LogP) is 15.4. The van der Waals surface area contributed by atoms with Crippen molar-refractivity contribution in [3.63, 3.8) is 0 Å². The van der Waals surface area contributed by atoms with E-state index in [1.54, 1.807) is 6.07 Å². The Morgan fingerprint density at radius 3 is 0.847 bits per heavy atom. The predicted molar refractivity (Wildman–Crippen MR) is 276 cm³/mol. The first-order valence-electron chi connectivity index (χ1n) is 23.7. The molecule has 9 aromatic carbocycles. The van der Waals surface area contributed by atoms with E-state index in [1.807, 2.05) is 140 Å². The number of hydrogen-bond acceptors (Lipinski definition) is 6. The van der Waals surface area contributed by atoms with Crippen LogP contribution in [0.2, 0.25) is 0 Å². The third-order valence-electron chi connectivity index (χ3n) is 13.8. The van der Waals surface area contributed by atoms with Gasteiger partial charge in [-0.2, -0.15) is 13.2 Å². The standard InChI is InChI=1S/C63H39F3N6/c64-63(65,66)48-31-34-51-54(37-48)56-50-33-30-46(61-69-57(42-17-9-3-10-18-42)67-59(71-61)44-25-21-40(22-26-44)38-13-5-1-6-14-38)35-52(50)55(51)49-32-29-47(36-53(49)56)62-70-58(43-19-11-4-12-20-43)68-60(72-62)45-27-23-41(24-28-45)39-15-7-2-8-16-39/h1-37,55-56H. The van der Waals surface area contributed by atoms with Crippen LogP contribution in [0.4, 0.5) is 13.2 Å². The Balaban J connectivity index is 0.928. The lowest BCUT2D eigenvalue weighted by Crippen LogP contribution is -2.28. The molecule has 2 aromatic heterocycles. The molecule has 11 aromatic rings. The van der Waals surface area contributed by atoms with Crippen LogP contribution in [0.5, 0.6) is 0 Å². The molecular weight excluding hydrogens is 898 g/mol. The molecule has 6 nitrogen and oxygen atoms in total. The van der Waals surface area contributed by atoms with Gasteiger partial charge in [-0.05, 0) is 79.9 Å². The van der Waals surface area contributed by atoms with Crippen molar-refractivity contribution < 1.29 is 13.2 Å². The van der Waals surface area contributed by atoms with Crippen molar-refractivity contribution in [3.05, 3.63) is 263 Å². The lowest BCUT2D eigenvalue weighted by molar-refractivity contribution is -0.137. The summed E-state index contributed by atoms with van der Waals surface area (Å²) in [6.45, 7) is 0. The number of halogens is 3. The first-order valence-corrected chi connectivity index (χ1v) is 23.7. The zero-order valence-corrected chi connectivity index (χ0v) is 38.3. The molecule has 0 spiro atoms. The van der Waals surface area contributed by atoms with Gasteiger partial charge in [-0.3, -0.25) is 0 Å². The van der Waals surface area contributed by atoms with Crippen LogP contribution in [-0.4, -0.2) is 29.9 Å². The van der Waals surface area contributed by atoms with Gasteiger partial charge in [-0.1, -0.05) is 200 Å². The number of aromatic nitrogens is 6. The molecule has 2 atom stereocenters. The third-order valence-corrected chi connectivity index (χ3v) is 13.8. The Kier molecular flexibility index (Phi) is 10.3. The maximum Gasteiger partial charge on any atom is 0.416 e. The Morgan fingerprint density at radius 1 is 0.236 bits per heavy atom. The smallest absolute Gasteiger partial charge is 0.208 e. The second-order valence-electron chi connectivity index (χ2n) is 18.1. The molecule has 342 valence electrons. The first kappa shape index (κ1) is 42.9. The highest BCUT2D eigenvalue weighted by Crippen LogP contribution is 2.57. The van der Waals surface area contributed by atoms with Gasteiger partial charge in [0.25, 0.3) is 0 Å². The van der Waals surface area contributed by atoms with Crippen LogP contribution in [0.25, 0.3) is 90.6 Å². The highest BCUT2D eigenvalue weighted by Gasteiger charge is 2.43. The fraction of sp³-hybridized carbons (Fsp3) is 0.0476. The van der Waals surface area contributed by atoms with Crippen LogP contribution in [0.15, 0.2) is 224 Å². The topological polar surface area (TPSA) is 77.3 Å². The second kappa shape index (κ2) is 17.3. The highest BCUT2D eigenvalue weighted by molar-refractivity contribution is 5.77. The van der Waals surface area contributed by atoms with Crippen molar-refractivity contribution in [3.8, 4) is 90.6 Å². The highest BCUT2D eigenvalue weighted by atomic mass is 19.4. The van der Waals surface area contributed by atoms with E-state index in [2.05, 4.69) is 66.7 Å². The molecule has 14 rings (SSSR count). The fourth-order valence-corrected chi connectivity index (χ4v) is 10.3. The summed E-state index contributed by atoms with van der Waals surface area (Å²) >= 11 is 0. The molecule has 0 amide bonds. The van der Waals surface area contributed by atoms with Crippen LogP contribution < -0.4 is 0 Å². The van der Waals surface area contributed by atoms with E-state index >= 15 is 0 Å². The van der Waals surface area contributed by atoms with Gasteiger partial charge >= 0.3 is 6.18 Å². The van der Waals surface area contributed by atoms with Crippen LogP contribution in [-0.2, 0) is 6.18 Å². The van der Waals surface area contributed by atoms with E-state index in [0.29, 0.717) is 40.5 Å². The quantitative estimate of drug-likeness (QED) is 0.151. The number of benzene rings is 9. The molecule has 3 aliphatic carbocycles. The normalized spacial score (nSPS) is 14.3. The maximum atomic E-state index is 14.5. The lowest BCUT2D eigenvalue weighted by atomic mass is 9.60. The van der Waals surface area contributed by atoms with Crippen molar-refractivity contribution >= 4 is 0 Å². The van der Waals surface area contributed by atoms with E-state index < -0.39 is 17.7 Å². The molecule has 2 bridgehead atoms. The fourth-order valence-electron chi connectivity index (χ4n) is 10.3. The molecule has 0 saturated heterocycles. The van der Waals surface area contributed by atoms with Gasteiger partial charge in [0.05, 0.1) is 5.56 Å². The van der Waals surface area contributed by atoms with Crippen LogP contribution in [0.1, 0.15) is 50.8 Å². The summed E-state index contributed by atoms with van der Waals surface area (Å²) in [6.07, 6.45) is -4.52. The van der Waals surface area contributed by atoms with E-state index in [1.165, 1.54) is 12.1 Å². The first-order chi connectivity index (χ1) is 35.3. The van der Waals surface area contributed by atoms with Gasteiger partial charge in [-0.25, -0.2) is 29.9 Å². The molecule has 0 aliphatic heterocycles. The van der Waals surface area contributed by atoms with E-state index in [4.69, 9.17) is 29.9 Å². The Labute approximate surface area is 413 Å². The minimum Gasteiger partial charge on any atom is -0.208 e. The van der Waals surface area contributed by atoms with Gasteiger partial charge in [0, 0.05) is 45.2 Å². The number of nitrogens with zero attached hydrogens (tertiary/aromatic N) is 6. The summed E-state index contributed by atoms with van der Waals surface area (Å²) in [4.78, 5) is 30.2. The minimum atomic E-state index is -4.52. The monoisotopic (exact) mass is 936 g/mol. The van der Waals surface area contributed by atoms with Gasteiger partial charge in [0.2, 0.25) is 0 Å². The van der Waals surface area contributed by atoms with Crippen molar-refractivity contribution in [1.82, 2.24) is 29.9 Å². The van der Waals surface area contributed by atoms with Gasteiger partial charge in [-0.15, -0.1) is 0 Å².